The molecular weight excluding hydrogens is 338 g/mol. The van der Waals surface area contributed by atoms with Crippen molar-refractivity contribution in [2.45, 2.75) is 12.5 Å². The number of hydrogen-bond acceptors (Lipinski definition) is 1. The van der Waals surface area contributed by atoms with Gasteiger partial charge in [-0.1, -0.05) is 15.9 Å². The third kappa shape index (κ3) is 3.19. The molecule has 106 valence electrons. The summed E-state index contributed by atoms with van der Waals surface area (Å²) in [6, 6.07) is 3.90. The average molecular weight is 348 g/mol. The third-order valence-electron chi connectivity index (χ3n) is 2.86. The van der Waals surface area contributed by atoms with Gasteiger partial charge in [0.15, 0.2) is 0 Å². The van der Waals surface area contributed by atoms with Gasteiger partial charge in [0.05, 0.1) is 0 Å². The van der Waals surface area contributed by atoms with E-state index in [9.17, 15) is 17.6 Å². The van der Waals surface area contributed by atoms with E-state index < -0.39 is 29.3 Å². The van der Waals surface area contributed by atoms with Crippen LogP contribution >= 0.6 is 15.9 Å². The molecule has 0 radical (unpaired) electrons. The van der Waals surface area contributed by atoms with Crippen LogP contribution in [0.5, 0.6) is 0 Å². The van der Waals surface area contributed by atoms with E-state index in [0.29, 0.717) is 0 Å². The Morgan fingerprint density at radius 3 is 2.15 bits per heavy atom. The third-order valence-corrected chi connectivity index (χ3v) is 3.32. The second-order valence-electron chi connectivity index (χ2n) is 4.33. The Bertz CT molecular complexity index is 622. The van der Waals surface area contributed by atoms with Gasteiger partial charge in [0, 0.05) is 16.1 Å². The van der Waals surface area contributed by atoms with E-state index >= 15 is 0 Å². The highest BCUT2D eigenvalue weighted by atomic mass is 79.9. The highest BCUT2D eigenvalue weighted by molar-refractivity contribution is 9.10. The average Bonchev–Trinajstić information content (AvgIpc) is 2.32. The van der Waals surface area contributed by atoms with Crippen LogP contribution in [0.1, 0.15) is 17.2 Å². The molecule has 2 rings (SSSR count). The summed E-state index contributed by atoms with van der Waals surface area (Å²) in [5.41, 5.74) is 5.33. The minimum atomic E-state index is -1.11. The van der Waals surface area contributed by atoms with Gasteiger partial charge in [0.2, 0.25) is 0 Å². The first-order chi connectivity index (χ1) is 9.38. The zero-order valence-corrected chi connectivity index (χ0v) is 11.7. The summed E-state index contributed by atoms with van der Waals surface area (Å²) in [6.45, 7) is 0. The van der Waals surface area contributed by atoms with Crippen molar-refractivity contribution in [1.82, 2.24) is 0 Å². The van der Waals surface area contributed by atoms with E-state index in [1.807, 2.05) is 0 Å². The fraction of sp³-hybridized carbons (Fsp3) is 0.143. The van der Waals surface area contributed by atoms with Crippen LogP contribution < -0.4 is 5.73 Å². The maximum Gasteiger partial charge on any atom is 0.132 e. The van der Waals surface area contributed by atoms with Crippen molar-refractivity contribution in [2.24, 2.45) is 5.73 Å². The highest BCUT2D eigenvalue weighted by Gasteiger charge is 2.19. The fourth-order valence-corrected chi connectivity index (χ4v) is 2.35. The monoisotopic (exact) mass is 347 g/mol. The summed E-state index contributed by atoms with van der Waals surface area (Å²) < 4.78 is 54.2. The summed E-state index contributed by atoms with van der Waals surface area (Å²) in [4.78, 5) is 0. The molecule has 0 bridgehead atoms. The normalized spacial score (nSPS) is 12.5. The Balaban J connectivity index is 2.33. The predicted molar refractivity (Wildman–Crippen MR) is 71.0 cm³/mol. The van der Waals surface area contributed by atoms with Crippen LogP contribution in [-0.4, -0.2) is 0 Å². The van der Waals surface area contributed by atoms with Crippen molar-refractivity contribution in [3.63, 3.8) is 0 Å². The molecule has 2 N–H and O–H groups in total. The minimum Gasteiger partial charge on any atom is -0.323 e. The molecule has 0 amide bonds. The Morgan fingerprint density at radius 2 is 1.55 bits per heavy atom. The van der Waals surface area contributed by atoms with Crippen LogP contribution in [0.15, 0.2) is 34.8 Å². The molecule has 0 saturated heterocycles. The summed E-state index contributed by atoms with van der Waals surface area (Å²) in [5.74, 6) is -2.97. The first-order valence-corrected chi connectivity index (χ1v) is 6.51. The van der Waals surface area contributed by atoms with Gasteiger partial charge in [-0.2, -0.15) is 0 Å². The summed E-state index contributed by atoms with van der Waals surface area (Å²) in [7, 11) is 0. The van der Waals surface area contributed by atoms with Gasteiger partial charge in [0.25, 0.3) is 0 Å². The Kier molecular flexibility index (Phi) is 4.45. The predicted octanol–water partition coefficient (Wildman–Crippen LogP) is 4.25. The van der Waals surface area contributed by atoms with E-state index in [2.05, 4.69) is 15.9 Å². The second-order valence-corrected chi connectivity index (χ2v) is 5.25. The van der Waals surface area contributed by atoms with Gasteiger partial charge in [-0.15, -0.1) is 0 Å². The van der Waals surface area contributed by atoms with Gasteiger partial charge in [-0.05, 0) is 42.3 Å². The number of halogens is 5. The van der Waals surface area contributed by atoms with Crippen LogP contribution in [0.25, 0.3) is 0 Å². The molecule has 2 aromatic rings. The van der Waals surface area contributed by atoms with Crippen LogP contribution in [0.4, 0.5) is 17.6 Å². The first kappa shape index (κ1) is 15.0. The molecule has 2 aromatic carbocycles. The van der Waals surface area contributed by atoms with Crippen LogP contribution in [0, 0.1) is 23.3 Å². The van der Waals surface area contributed by atoms with Gasteiger partial charge in [-0.25, -0.2) is 17.6 Å². The van der Waals surface area contributed by atoms with E-state index in [4.69, 9.17) is 5.73 Å². The lowest BCUT2D eigenvalue weighted by Crippen LogP contribution is -2.17. The van der Waals surface area contributed by atoms with Gasteiger partial charge >= 0.3 is 0 Å². The largest absolute Gasteiger partial charge is 0.323 e. The van der Waals surface area contributed by atoms with Crippen molar-refractivity contribution in [1.29, 1.82) is 0 Å². The number of nitrogens with two attached hydrogens (primary N) is 1. The number of hydrogen-bond donors (Lipinski definition) is 1. The second kappa shape index (κ2) is 5.93. The quantitative estimate of drug-likeness (QED) is 0.825. The summed E-state index contributed by atoms with van der Waals surface area (Å²) >= 11 is 2.95. The summed E-state index contributed by atoms with van der Waals surface area (Å²) in [5, 5.41) is 0. The van der Waals surface area contributed by atoms with Gasteiger partial charge < -0.3 is 5.73 Å². The zero-order chi connectivity index (χ0) is 14.9. The topological polar surface area (TPSA) is 26.0 Å². The Hall–Kier alpha value is -1.40. The Morgan fingerprint density at radius 1 is 0.950 bits per heavy atom. The minimum absolute atomic E-state index is 0.0285. The zero-order valence-electron chi connectivity index (χ0n) is 10.1. The lowest BCUT2D eigenvalue weighted by Gasteiger charge is -2.15. The first-order valence-electron chi connectivity index (χ1n) is 5.72. The fourth-order valence-electron chi connectivity index (χ4n) is 1.95. The molecule has 6 heteroatoms. The molecule has 1 unspecified atom stereocenters. The molecule has 0 fully saturated rings. The van der Waals surface area contributed by atoms with Gasteiger partial charge in [0.1, 0.15) is 23.3 Å². The van der Waals surface area contributed by atoms with E-state index in [1.54, 1.807) is 0 Å². The van der Waals surface area contributed by atoms with Crippen LogP contribution in [-0.2, 0) is 6.42 Å². The van der Waals surface area contributed by atoms with Crippen molar-refractivity contribution in [3.05, 3.63) is 69.2 Å². The highest BCUT2D eigenvalue weighted by Crippen LogP contribution is 2.26. The number of benzene rings is 2. The Labute approximate surface area is 121 Å². The van der Waals surface area contributed by atoms with Gasteiger partial charge in [-0.3, -0.25) is 0 Å². The molecule has 20 heavy (non-hydrogen) atoms. The van der Waals surface area contributed by atoms with E-state index in [0.717, 1.165) is 30.3 Å². The molecular formula is C14H10BrF4N. The van der Waals surface area contributed by atoms with E-state index in [-0.39, 0.29) is 22.0 Å². The maximum absolute atomic E-state index is 13.7. The van der Waals surface area contributed by atoms with Crippen molar-refractivity contribution in [2.75, 3.05) is 0 Å². The van der Waals surface area contributed by atoms with Crippen molar-refractivity contribution >= 4 is 15.9 Å². The van der Waals surface area contributed by atoms with Crippen LogP contribution in [0.2, 0.25) is 0 Å². The standard InChI is InChI=1S/C14H10BrF4N/c15-8-5-11(18)14(12(19)6-8)13(20)4-7-3-9(16)1-2-10(7)17/h1-3,5-6,13H,4,20H2. The molecule has 0 aromatic heterocycles. The molecule has 0 saturated carbocycles. The molecule has 0 aliphatic carbocycles. The molecule has 0 spiro atoms. The molecule has 0 aliphatic rings. The maximum atomic E-state index is 13.7. The number of rotatable bonds is 3. The lowest BCUT2D eigenvalue weighted by atomic mass is 9.98. The molecule has 0 heterocycles. The van der Waals surface area contributed by atoms with Crippen LogP contribution in [0.3, 0.4) is 0 Å². The molecule has 1 atom stereocenters. The van der Waals surface area contributed by atoms with Crippen molar-refractivity contribution < 1.29 is 17.6 Å². The summed E-state index contributed by atoms with van der Waals surface area (Å²) in [6.07, 6.45) is -0.209. The molecule has 0 aliphatic heterocycles. The smallest absolute Gasteiger partial charge is 0.132 e. The van der Waals surface area contributed by atoms with Crippen molar-refractivity contribution in [3.8, 4) is 0 Å². The molecule has 1 nitrogen and oxygen atoms in total. The lowest BCUT2D eigenvalue weighted by molar-refractivity contribution is 0.515. The van der Waals surface area contributed by atoms with E-state index in [1.165, 1.54) is 0 Å². The SMILES string of the molecule is NC(Cc1cc(F)ccc1F)c1c(F)cc(Br)cc1F.